The van der Waals surface area contributed by atoms with E-state index in [1.807, 2.05) is 0 Å². The number of carboxylic acids is 1. The Balaban J connectivity index is 2.88. The van der Waals surface area contributed by atoms with E-state index in [4.69, 9.17) is 28.3 Å². The SMILES string of the molecule is CC(NC(=O)c1nc(Cl)ccc1Cl)C(=O)O. The van der Waals surface area contributed by atoms with Crippen molar-refractivity contribution >= 4 is 35.1 Å². The van der Waals surface area contributed by atoms with Crippen LogP contribution in [-0.2, 0) is 4.79 Å². The lowest BCUT2D eigenvalue weighted by molar-refractivity contribution is -0.138. The van der Waals surface area contributed by atoms with Gasteiger partial charge in [-0.15, -0.1) is 0 Å². The molecule has 0 spiro atoms. The van der Waals surface area contributed by atoms with Gasteiger partial charge in [0.05, 0.1) is 5.02 Å². The number of carbonyl (C=O) groups excluding carboxylic acids is 1. The Morgan fingerprint density at radius 1 is 1.44 bits per heavy atom. The highest BCUT2D eigenvalue weighted by Crippen LogP contribution is 2.16. The first-order chi connectivity index (χ1) is 7.41. The minimum absolute atomic E-state index is 0.0951. The summed E-state index contributed by atoms with van der Waals surface area (Å²) in [6.45, 7) is 1.33. The summed E-state index contributed by atoms with van der Waals surface area (Å²) >= 11 is 11.3. The largest absolute Gasteiger partial charge is 0.480 e. The van der Waals surface area contributed by atoms with E-state index in [9.17, 15) is 9.59 Å². The highest BCUT2D eigenvalue weighted by Gasteiger charge is 2.18. The van der Waals surface area contributed by atoms with Crippen LogP contribution in [0.4, 0.5) is 0 Å². The highest BCUT2D eigenvalue weighted by atomic mass is 35.5. The van der Waals surface area contributed by atoms with Gasteiger partial charge in [-0.05, 0) is 19.1 Å². The van der Waals surface area contributed by atoms with Gasteiger partial charge in [-0.3, -0.25) is 9.59 Å². The van der Waals surface area contributed by atoms with Crippen molar-refractivity contribution in [2.24, 2.45) is 0 Å². The molecule has 1 heterocycles. The molecule has 1 amide bonds. The van der Waals surface area contributed by atoms with E-state index in [1.54, 1.807) is 0 Å². The average molecular weight is 263 g/mol. The summed E-state index contributed by atoms with van der Waals surface area (Å²) < 4.78 is 0. The van der Waals surface area contributed by atoms with Gasteiger partial charge >= 0.3 is 5.97 Å². The van der Waals surface area contributed by atoms with Crippen LogP contribution in [0.2, 0.25) is 10.2 Å². The average Bonchev–Trinajstić information content (AvgIpc) is 2.21. The molecule has 1 atom stereocenters. The highest BCUT2D eigenvalue weighted by molar-refractivity contribution is 6.34. The first kappa shape index (κ1) is 12.7. The van der Waals surface area contributed by atoms with E-state index in [0.29, 0.717) is 0 Å². The molecule has 0 saturated heterocycles. The molecule has 86 valence electrons. The summed E-state index contributed by atoms with van der Waals surface area (Å²) in [6.07, 6.45) is 0. The third-order valence-electron chi connectivity index (χ3n) is 1.75. The number of rotatable bonds is 3. The number of amides is 1. The van der Waals surface area contributed by atoms with E-state index in [0.717, 1.165) is 0 Å². The minimum atomic E-state index is -1.15. The maximum Gasteiger partial charge on any atom is 0.325 e. The van der Waals surface area contributed by atoms with Gasteiger partial charge in [-0.2, -0.15) is 0 Å². The van der Waals surface area contributed by atoms with E-state index in [1.165, 1.54) is 19.1 Å². The first-order valence-electron chi connectivity index (χ1n) is 4.27. The molecule has 0 fully saturated rings. The zero-order chi connectivity index (χ0) is 12.3. The van der Waals surface area contributed by atoms with Gasteiger partial charge in [-0.25, -0.2) is 4.98 Å². The standard InChI is InChI=1S/C9H8Cl2N2O3/c1-4(9(15)16)12-8(14)7-5(10)2-3-6(11)13-7/h2-4H,1H3,(H,12,14)(H,15,16). The maximum atomic E-state index is 11.6. The molecule has 1 rings (SSSR count). The summed E-state index contributed by atoms with van der Waals surface area (Å²) in [4.78, 5) is 25.8. The molecule has 0 radical (unpaired) electrons. The fraction of sp³-hybridized carbons (Fsp3) is 0.222. The Hall–Kier alpha value is -1.33. The molecular weight excluding hydrogens is 255 g/mol. The van der Waals surface area contributed by atoms with Gasteiger partial charge in [0.25, 0.3) is 5.91 Å². The molecule has 16 heavy (non-hydrogen) atoms. The quantitative estimate of drug-likeness (QED) is 0.811. The summed E-state index contributed by atoms with van der Waals surface area (Å²) in [7, 11) is 0. The Kier molecular flexibility index (Phi) is 4.09. The molecular formula is C9H8Cl2N2O3. The molecule has 0 aliphatic rings. The summed E-state index contributed by atoms with van der Waals surface area (Å²) in [5.74, 6) is -1.83. The molecule has 2 N–H and O–H groups in total. The van der Waals surface area contributed by atoms with E-state index in [-0.39, 0.29) is 15.9 Å². The van der Waals surface area contributed by atoms with Crippen LogP contribution in [0.1, 0.15) is 17.4 Å². The molecule has 1 aromatic heterocycles. The fourth-order valence-electron chi connectivity index (χ4n) is 0.904. The first-order valence-corrected chi connectivity index (χ1v) is 5.03. The number of hydrogen-bond acceptors (Lipinski definition) is 3. The molecule has 0 aliphatic carbocycles. The summed E-state index contributed by atoms with van der Waals surface area (Å²) in [6, 6.07) is 1.82. The number of carbonyl (C=O) groups is 2. The molecule has 1 unspecified atom stereocenters. The second kappa shape index (κ2) is 5.14. The van der Waals surface area contributed by atoms with Crippen molar-refractivity contribution in [3.05, 3.63) is 28.0 Å². The predicted molar refractivity (Wildman–Crippen MR) is 58.8 cm³/mol. The van der Waals surface area contributed by atoms with Crippen LogP contribution in [0, 0.1) is 0 Å². The Morgan fingerprint density at radius 2 is 2.06 bits per heavy atom. The lowest BCUT2D eigenvalue weighted by Crippen LogP contribution is -2.38. The summed E-state index contributed by atoms with van der Waals surface area (Å²) in [5.41, 5.74) is -0.0951. The number of carboxylic acid groups (broad SMARTS) is 1. The predicted octanol–water partition coefficient (Wildman–Crippen LogP) is 1.59. The van der Waals surface area contributed by atoms with E-state index in [2.05, 4.69) is 10.3 Å². The topological polar surface area (TPSA) is 79.3 Å². The van der Waals surface area contributed by atoms with Crippen molar-refractivity contribution in [3.8, 4) is 0 Å². The van der Waals surface area contributed by atoms with Gasteiger partial charge in [0, 0.05) is 0 Å². The lowest BCUT2D eigenvalue weighted by atomic mass is 10.3. The van der Waals surface area contributed by atoms with Crippen LogP contribution < -0.4 is 5.32 Å². The zero-order valence-electron chi connectivity index (χ0n) is 8.20. The molecule has 0 aromatic carbocycles. The Labute approximate surface area is 101 Å². The Morgan fingerprint density at radius 3 is 2.62 bits per heavy atom. The minimum Gasteiger partial charge on any atom is -0.480 e. The van der Waals surface area contributed by atoms with Gasteiger partial charge in [0.2, 0.25) is 0 Å². The summed E-state index contributed by atoms with van der Waals surface area (Å²) in [5, 5.41) is 11.0. The van der Waals surface area contributed by atoms with Crippen molar-refractivity contribution in [1.82, 2.24) is 10.3 Å². The molecule has 7 heteroatoms. The van der Waals surface area contributed by atoms with Gasteiger partial charge < -0.3 is 10.4 Å². The normalized spacial score (nSPS) is 11.9. The third-order valence-corrected chi connectivity index (χ3v) is 2.26. The van der Waals surface area contributed by atoms with Crippen LogP contribution in [0.25, 0.3) is 0 Å². The monoisotopic (exact) mass is 262 g/mol. The number of aliphatic carboxylic acids is 1. The van der Waals surface area contributed by atoms with E-state index >= 15 is 0 Å². The van der Waals surface area contributed by atoms with Crippen molar-refractivity contribution in [3.63, 3.8) is 0 Å². The van der Waals surface area contributed by atoms with Gasteiger partial charge in [-0.1, -0.05) is 23.2 Å². The molecule has 5 nitrogen and oxygen atoms in total. The smallest absolute Gasteiger partial charge is 0.325 e. The van der Waals surface area contributed by atoms with Crippen LogP contribution in [0.15, 0.2) is 12.1 Å². The maximum absolute atomic E-state index is 11.6. The third kappa shape index (κ3) is 3.08. The Bertz CT molecular complexity index is 437. The van der Waals surface area contributed by atoms with Crippen molar-refractivity contribution in [2.45, 2.75) is 13.0 Å². The van der Waals surface area contributed by atoms with Gasteiger partial charge in [0.1, 0.15) is 16.9 Å². The second-order valence-electron chi connectivity index (χ2n) is 3.00. The van der Waals surface area contributed by atoms with E-state index < -0.39 is 17.9 Å². The number of nitrogens with one attached hydrogen (secondary N) is 1. The molecule has 0 aliphatic heterocycles. The second-order valence-corrected chi connectivity index (χ2v) is 3.79. The number of hydrogen-bond donors (Lipinski definition) is 2. The lowest BCUT2D eigenvalue weighted by Gasteiger charge is -2.09. The number of nitrogens with zero attached hydrogens (tertiary/aromatic N) is 1. The van der Waals surface area contributed by atoms with Crippen molar-refractivity contribution < 1.29 is 14.7 Å². The van der Waals surface area contributed by atoms with Crippen molar-refractivity contribution in [2.75, 3.05) is 0 Å². The van der Waals surface area contributed by atoms with Crippen molar-refractivity contribution in [1.29, 1.82) is 0 Å². The molecule has 0 bridgehead atoms. The number of pyridine rings is 1. The molecule has 0 saturated carbocycles. The van der Waals surface area contributed by atoms with Crippen LogP contribution in [0.3, 0.4) is 0 Å². The zero-order valence-corrected chi connectivity index (χ0v) is 9.71. The van der Waals surface area contributed by atoms with Gasteiger partial charge in [0.15, 0.2) is 0 Å². The van der Waals surface area contributed by atoms with Crippen LogP contribution >= 0.6 is 23.2 Å². The van der Waals surface area contributed by atoms with Crippen LogP contribution in [-0.4, -0.2) is 28.0 Å². The fourth-order valence-corrected chi connectivity index (χ4v) is 1.24. The molecule has 1 aromatic rings. The number of halogens is 2. The number of aromatic nitrogens is 1. The van der Waals surface area contributed by atoms with Crippen LogP contribution in [0.5, 0.6) is 0 Å².